The Hall–Kier alpha value is -2.53. The van der Waals surface area contributed by atoms with Crippen molar-refractivity contribution in [1.29, 1.82) is 0 Å². The topological polar surface area (TPSA) is 56.8 Å². The lowest BCUT2D eigenvalue weighted by molar-refractivity contribution is -0.122. The second-order valence-electron chi connectivity index (χ2n) is 5.88. The van der Waals surface area contributed by atoms with Crippen LogP contribution in [0.5, 0.6) is 11.5 Å². The van der Waals surface area contributed by atoms with E-state index in [1.54, 1.807) is 26.2 Å². The number of carbonyl (C=O) groups excluding carboxylic acids is 1. The van der Waals surface area contributed by atoms with Gasteiger partial charge in [-0.2, -0.15) is 0 Å². The molecular weight excluding hydrogens is 318 g/mol. The van der Waals surface area contributed by atoms with Gasteiger partial charge in [-0.1, -0.05) is 12.1 Å². The van der Waals surface area contributed by atoms with Crippen LogP contribution in [0.2, 0.25) is 0 Å². The highest BCUT2D eigenvalue weighted by atomic mass is 16.5. The van der Waals surface area contributed by atoms with Gasteiger partial charge in [-0.05, 0) is 62.2 Å². The summed E-state index contributed by atoms with van der Waals surface area (Å²) in [5.74, 6) is 1.26. The molecule has 2 aromatic rings. The number of ether oxygens (including phenoxy) is 3. The van der Waals surface area contributed by atoms with E-state index < -0.39 is 6.10 Å². The third-order valence-electron chi connectivity index (χ3n) is 3.69. The van der Waals surface area contributed by atoms with Gasteiger partial charge in [-0.25, -0.2) is 0 Å². The number of aryl methyl sites for hydroxylation is 2. The van der Waals surface area contributed by atoms with E-state index in [0.717, 1.165) is 22.6 Å². The summed E-state index contributed by atoms with van der Waals surface area (Å²) in [6.45, 7) is 6.71. The van der Waals surface area contributed by atoms with Crippen LogP contribution in [0.3, 0.4) is 0 Å². The van der Waals surface area contributed by atoms with E-state index in [9.17, 15) is 4.79 Å². The molecule has 0 heterocycles. The molecule has 2 rings (SSSR count). The molecule has 0 aliphatic carbocycles. The van der Waals surface area contributed by atoms with Crippen LogP contribution in [-0.2, 0) is 9.53 Å². The molecule has 0 aliphatic rings. The smallest absolute Gasteiger partial charge is 0.265 e. The van der Waals surface area contributed by atoms with Crippen LogP contribution >= 0.6 is 0 Å². The normalized spacial score (nSPS) is 11.7. The molecule has 0 spiro atoms. The molecule has 5 heteroatoms. The monoisotopic (exact) mass is 343 g/mol. The SMILES string of the molecule is COCCOc1ccc(NC(=O)C(C)Oc2cc(C)ccc2C)cc1. The summed E-state index contributed by atoms with van der Waals surface area (Å²) < 4.78 is 16.2. The zero-order valence-corrected chi connectivity index (χ0v) is 15.2. The maximum Gasteiger partial charge on any atom is 0.265 e. The molecule has 1 atom stereocenters. The van der Waals surface area contributed by atoms with Crippen LogP contribution in [0.25, 0.3) is 0 Å². The van der Waals surface area contributed by atoms with Crippen molar-refractivity contribution in [3.05, 3.63) is 53.6 Å². The zero-order valence-electron chi connectivity index (χ0n) is 15.2. The molecule has 0 aromatic heterocycles. The molecule has 1 amide bonds. The van der Waals surface area contributed by atoms with E-state index in [0.29, 0.717) is 18.9 Å². The number of rotatable bonds is 8. The Labute approximate surface area is 148 Å². The quantitative estimate of drug-likeness (QED) is 0.742. The third kappa shape index (κ3) is 5.80. The number of carbonyl (C=O) groups is 1. The van der Waals surface area contributed by atoms with Gasteiger partial charge in [0.2, 0.25) is 0 Å². The molecule has 5 nitrogen and oxygen atoms in total. The first-order valence-corrected chi connectivity index (χ1v) is 8.26. The number of anilines is 1. The van der Waals surface area contributed by atoms with Crippen molar-refractivity contribution >= 4 is 11.6 Å². The highest BCUT2D eigenvalue weighted by Crippen LogP contribution is 2.21. The number of nitrogens with one attached hydrogen (secondary N) is 1. The summed E-state index contributed by atoms with van der Waals surface area (Å²) in [5.41, 5.74) is 2.79. The molecule has 0 saturated heterocycles. The van der Waals surface area contributed by atoms with Crippen LogP contribution in [0.4, 0.5) is 5.69 Å². The fourth-order valence-electron chi connectivity index (χ4n) is 2.20. The molecule has 25 heavy (non-hydrogen) atoms. The van der Waals surface area contributed by atoms with Gasteiger partial charge < -0.3 is 19.5 Å². The molecule has 0 bridgehead atoms. The lowest BCUT2D eigenvalue weighted by Gasteiger charge is -2.17. The van der Waals surface area contributed by atoms with E-state index in [4.69, 9.17) is 14.2 Å². The van der Waals surface area contributed by atoms with Gasteiger partial charge in [0.1, 0.15) is 18.1 Å². The van der Waals surface area contributed by atoms with Gasteiger partial charge in [0.25, 0.3) is 5.91 Å². The molecular formula is C20H25NO4. The Morgan fingerprint density at radius 2 is 1.80 bits per heavy atom. The van der Waals surface area contributed by atoms with Gasteiger partial charge in [0.05, 0.1) is 6.61 Å². The average Bonchev–Trinajstić information content (AvgIpc) is 2.60. The highest BCUT2D eigenvalue weighted by Gasteiger charge is 2.16. The maximum absolute atomic E-state index is 12.3. The third-order valence-corrected chi connectivity index (χ3v) is 3.69. The van der Waals surface area contributed by atoms with Crippen LogP contribution in [0, 0.1) is 13.8 Å². The summed E-state index contributed by atoms with van der Waals surface area (Å²) in [6, 6.07) is 13.1. The second kappa shape index (κ2) is 9.08. The fraction of sp³-hybridized carbons (Fsp3) is 0.350. The second-order valence-corrected chi connectivity index (χ2v) is 5.88. The number of benzene rings is 2. The van der Waals surface area contributed by atoms with Crippen LogP contribution < -0.4 is 14.8 Å². The summed E-state index contributed by atoms with van der Waals surface area (Å²) in [5, 5.41) is 2.85. The molecule has 134 valence electrons. The molecule has 0 radical (unpaired) electrons. The Bertz CT molecular complexity index is 697. The summed E-state index contributed by atoms with van der Waals surface area (Å²) in [6.07, 6.45) is -0.599. The van der Waals surface area contributed by atoms with Crippen molar-refractivity contribution in [3.8, 4) is 11.5 Å². The van der Waals surface area contributed by atoms with Crippen LogP contribution in [-0.4, -0.2) is 32.3 Å². The lowest BCUT2D eigenvalue weighted by atomic mass is 10.1. The van der Waals surface area contributed by atoms with E-state index in [1.165, 1.54) is 0 Å². The van der Waals surface area contributed by atoms with E-state index >= 15 is 0 Å². The van der Waals surface area contributed by atoms with Crippen LogP contribution in [0.1, 0.15) is 18.1 Å². The molecule has 0 aliphatic heterocycles. The van der Waals surface area contributed by atoms with Gasteiger partial charge in [0, 0.05) is 12.8 Å². The minimum atomic E-state index is -0.599. The van der Waals surface area contributed by atoms with Gasteiger partial charge >= 0.3 is 0 Å². The number of hydrogen-bond donors (Lipinski definition) is 1. The summed E-state index contributed by atoms with van der Waals surface area (Å²) in [7, 11) is 1.63. The van der Waals surface area contributed by atoms with Crippen molar-refractivity contribution in [2.45, 2.75) is 26.9 Å². The lowest BCUT2D eigenvalue weighted by Crippen LogP contribution is -2.30. The van der Waals surface area contributed by atoms with E-state index in [2.05, 4.69) is 5.32 Å². The summed E-state index contributed by atoms with van der Waals surface area (Å²) in [4.78, 5) is 12.3. The minimum Gasteiger partial charge on any atom is -0.491 e. The molecule has 1 unspecified atom stereocenters. The number of amides is 1. The van der Waals surface area contributed by atoms with E-state index in [1.807, 2.05) is 44.2 Å². The first kappa shape index (κ1) is 18.8. The van der Waals surface area contributed by atoms with E-state index in [-0.39, 0.29) is 5.91 Å². The van der Waals surface area contributed by atoms with Crippen molar-refractivity contribution in [1.82, 2.24) is 0 Å². The van der Waals surface area contributed by atoms with Gasteiger partial charge in [0.15, 0.2) is 6.10 Å². The largest absolute Gasteiger partial charge is 0.491 e. The maximum atomic E-state index is 12.3. The van der Waals surface area contributed by atoms with Gasteiger partial charge in [-0.3, -0.25) is 4.79 Å². The highest BCUT2D eigenvalue weighted by molar-refractivity contribution is 5.94. The Morgan fingerprint density at radius 3 is 2.48 bits per heavy atom. The average molecular weight is 343 g/mol. The number of hydrogen-bond acceptors (Lipinski definition) is 4. The van der Waals surface area contributed by atoms with Gasteiger partial charge in [-0.15, -0.1) is 0 Å². The fourth-order valence-corrected chi connectivity index (χ4v) is 2.20. The first-order chi connectivity index (χ1) is 12.0. The first-order valence-electron chi connectivity index (χ1n) is 8.26. The van der Waals surface area contributed by atoms with Crippen LogP contribution in [0.15, 0.2) is 42.5 Å². The predicted molar refractivity (Wildman–Crippen MR) is 98.4 cm³/mol. The van der Waals surface area contributed by atoms with Crippen molar-refractivity contribution < 1.29 is 19.0 Å². The number of methoxy groups -OCH3 is 1. The molecule has 1 N–H and O–H groups in total. The zero-order chi connectivity index (χ0) is 18.2. The Kier molecular flexibility index (Phi) is 6.83. The van der Waals surface area contributed by atoms with Crippen molar-refractivity contribution in [2.75, 3.05) is 25.6 Å². The van der Waals surface area contributed by atoms with Crippen molar-refractivity contribution in [2.24, 2.45) is 0 Å². The Morgan fingerprint density at radius 1 is 1.08 bits per heavy atom. The minimum absolute atomic E-state index is 0.200. The van der Waals surface area contributed by atoms with Crippen molar-refractivity contribution in [3.63, 3.8) is 0 Å². The standard InChI is InChI=1S/C20H25NO4/c1-14-5-6-15(2)19(13-14)25-16(3)20(22)21-17-7-9-18(10-8-17)24-12-11-23-4/h5-10,13,16H,11-12H2,1-4H3,(H,21,22). The predicted octanol–water partition coefficient (Wildman–Crippen LogP) is 3.73. The molecule has 0 saturated carbocycles. The Balaban J connectivity index is 1.91. The molecule has 2 aromatic carbocycles. The summed E-state index contributed by atoms with van der Waals surface area (Å²) >= 11 is 0. The molecule has 0 fully saturated rings.